The van der Waals surface area contributed by atoms with E-state index in [-0.39, 0.29) is 0 Å². The van der Waals surface area contributed by atoms with Crippen LogP contribution in [0, 0.1) is 0 Å². The Bertz CT molecular complexity index is 986. The lowest BCUT2D eigenvalue weighted by Crippen LogP contribution is -2.23. The molecule has 0 aliphatic carbocycles. The fraction of sp³-hybridized carbons (Fsp3) is 0.231. The number of hydrogen-bond acceptors (Lipinski definition) is 3. The van der Waals surface area contributed by atoms with Gasteiger partial charge in [0, 0.05) is 11.1 Å². The summed E-state index contributed by atoms with van der Waals surface area (Å²) in [5, 5.41) is 0. The molecule has 0 unspecified atom stereocenters. The van der Waals surface area contributed by atoms with Crippen molar-refractivity contribution in [1.29, 1.82) is 0 Å². The van der Waals surface area contributed by atoms with Gasteiger partial charge in [0.1, 0.15) is 12.4 Å². The molecular formula is C26H26O3. The molecule has 1 aliphatic heterocycles. The van der Waals surface area contributed by atoms with Crippen molar-refractivity contribution in [2.75, 3.05) is 13.2 Å². The SMILES string of the molecule is C/C(=C/c1ccccc1C1(C)OCCO1)c1ccccc1OCc1ccccc1. The van der Waals surface area contributed by atoms with Crippen molar-refractivity contribution >= 4 is 11.6 Å². The summed E-state index contributed by atoms with van der Waals surface area (Å²) in [6.45, 7) is 5.87. The van der Waals surface area contributed by atoms with Crippen molar-refractivity contribution in [2.24, 2.45) is 0 Å². The molecule has 1 saturated heterocycles. The Hall–Kier alpha value is -2.88. The van der Waals surface area contributed by atoms with E-state index in [2.05, 4.69) is 43.3 Å². The van der Waals surface area contributed by atoms with E-state index in [1.54, 1.807) is 0 Å². The maximum absolute atomic E-state index is 6.14. The van der Waals surface area contributed by atoms with Crippen molar-refractivity contribution in [1.82, 2.24) is 0 Å². The molecule has 0 radical (unpaired) electrons. The van der Waals surface area contributed by atoms with Gasteiger partial charge in [-0.25, -0.2) is 0 Å². The fourth-order valence-corrected chi connectivity index (χ4v) is 3.67. The van der Waals surface area contributed by atoms with Gasteiger partial charge in [-0.15, -0.1) is 0 Å². The van der Waals surface area contributed by atoms with E-state index in [1.807, 2.05) is 55.5 Å². The van der Waals surface area contributed by atoms with E-state index >= 15 is 0 Å². The largest absolute Gasteiger partial charge is 0.488 e. The summed E-state index contributed by atoms with van der Waals surface area (Å²) in [5.74, 6) is 0.179. The van der Waals surface area contributed by atoms with E-state index < -0.39 is 5.79 Å². The molecule has 0 bridgehead atoms. The van der Waals surface area contributed by atoms with Gasteiger partial charge in [-0.1, -0.05) is 78.9 Å². The molecule has 0 N–H and O–H groups in total. The van der Waals surface area contributed by atoms with Gasteiger partial charge < -0.3 is 14.2 Å². The quantitative estimate of drug-likeness (QED) is 0.483. The van der Waals surface area contributed by atoms with E-state index in [9.17, 15) is 0 Å². The highest BCUT2D eigenvalue weighted by Crippen LogP contribution is 2.35. The zero-order chi connectivity index (χ0) is 20.1. The molecule has 0 atom stereocenters. The molecule has 0 amide bonds. The second-order valence-corrected chi connectivity index (χ2v) is 7.33. The van der Waals surface area contributed by atoms with Crippen LogP contribution in [-0.2, 0) is 21.9 Å². The second-order valence-electron chi connectivity index (χ2n) is 7.33. The third-order valence-electron chi connectivity index (χ3n) is 5.21. The minimum absolute atomic E-state index is 0.543. The highest BCUT2D eigenvalue weighted by Gasteiger charge is 2.34. The Balaban J connectivity index is 1.62. The average molecular weight is 386 g/mol. The summed E-state index contributed by atoms with van der Waals surface area (Å²) in [7, 11) is 0. The maximum Gasteiger partial charge on any atom is 0.192 e. The maximum atomic E-state index is 6.14. The molecule has 1 aliphatic rings. The zero-order valence-corrected chi connectivity index (χ0v) is 16.9. The summed E-state index contributed by atoms with van der Waals surface area (Å²) in [6, 6.07) is 26.6. The van der Waals surface area contributed by atoms with E-state index in [1.165, 1.54) is 0 Å². The Morgan fingerprint density at radius 1 is 0.897 bits per heavy atom. The van der Waals surface area contributed by atoms with Crippen LogP contribution in [0.2, 0.25) is 0 Å². The van der Waals surface area contributed by atoms with Gasteiger partial charge >= 0.3 is 0 Å². The Kier molecular flexibility index (Phi) is 5.79. The topological polar surface area (TPSA) is 27.7 Å². The Morgan fingerprint density at radius 2 is 1.55 bits per heavy atom. The molecular weight excluding hydrogens is 360 g/mol. The Morgan fingerprint density at radius 3 is 2.34 bits per heavy atom. The molecule has 1 heterocycles. The van der Waals surface area contributed by atoms with Crippen LogP contribution in [0.5, 0.6) is 5.75 Å². The number of rotatable bonds is 6. The molecule has 1 fully saturated rings. The molecule has 29 heavy (non-hydrogen) atoms. The van der Waals surface area contributed by atoms with E-state index in [4.69, 9.17) is 14.2 Å². The highest BCUT2D eigenvalue weighted by atomic mass is 16.7. The molecule has 3 aromatic carbocycles. The predicted octanol–water partition coefficient (Wildman–Crippen LogP) is 6.05. The van der Waals surface area contributed by atoms with E-state index in [0.29, 0.717) is 19.8 Å². The number of para-hydroxylation sites is 1. The molecule has 4 rings (SSSR count). The minimum Gasteiger partial charge on any atom is -0.488 e. The average Bonchev–Trinajstić information content (AvgIpc) is 3.21. The zero-order valence-electron chi connectivity index (χ0n) is 16.9. The predicted molar refractivity (Wildman–Crippen MR) is 116 cm³/mol. The lowest BCUT2D eigenvalue weighted by Gasteiger charge is -2.25. The van der Waals surface area contributed by atoms with Gasteiger partial charge in [0.2, 0.25) is 0 Å². The van der Waals surface area contributed by atoms with Crippen molar-refractivity contribution < 1.29 is 14.2 Å². The molecule has 3 heteroatoms. The summed E-state index contributed by atoms with van der Waals surface area (Å²) in [5.41, 5.74) is 5.49. The van der Waals surface area contributed by atoms with Gasteiger partial charge in [0.25, 0.3) is 0 Å². The van der Waals surface area contributed by atoms with Crippen LogP contribution in [0.4, 0.5) is 0 Å². The van der Waals surface area contributed by atoms with Crippen LogP contribution < -0.4 is 4.74 Å². The summed E-state index contributed by atoms with van der Waals surface area (Å²) >= 11 is 0. The first kappa shape index (κ1) is 19.4. The van der Waals surface area contributed by atoms with Gasteiger partial charge in [0.15, 0.2) is 5.79 Å². The van der Waals surface area contributed by atoms with Crippen LogP contribution in [0.25, 0.3) is 11.6 Å². The van der Waals surface area contributed by atoms with Gasteiger partial charge in [0.05, 0.1) is 13.2 Å². The molecule has 0 aromatic heterocycles. The van der Waals surface area contributed by atoms with Crippen molar-refractivity contribution in [3.63, 3.8) is 0 Å². The molecule has 0 saturated carbocycles. The standard InChI is InChI=1S/C26H26O3/c1-20(18-22-12-6-8-14-24(22)26(2)28-16-17-29-26)23-13-7-9-15-25(23)27-19-21-10-4-3-5-11-21/h3-15,18H,16-17,19H2,1-2H3/b20-18-. The second kappa shape index (κ2) is 8.64. The van der Waals surface area contributed by atoms with Crippen molar-refractivity contribution in [2.45, 2.75) is 26.2 Å². The number of allylic oxidation sites excluding steroid dienone is 1. The first-order chi connectivity index (χ1) is 14.2. The molecule has 3 nitrogen and oxygen atoms in total. The molecule has 0 spiro atoms. The van der Waals surface area contributed by atoms with Crippen LogP contribution >= 0.6 is 0 Å². The summed E-state index contributed by atoms with van der Waals surface area (Å²) in [6.07, 6.45) is 2.18. The monoisotopic (exact) mass is 386 g/mol. The summed E-state index contributed by atoms with van der Waals surface area (Å²) < 4.78 is 17.9. The summed E-state index contributed by atoms with van der Waals surface area (Å²) in [4.78, 5) is 0. The highest BCUT2D eigenvalue weighted by molar-refractivity contribution is 5.83. The number of hydrogen-bond donors (Lipinski definition) is 0. The number of benzene rings is 3. The fourth-order valence-electron chi connectivity index (χ4n) is 3.67. The van der Waals surface area contributed by atoms with Gasteiger partial charge in [-0.05, 0) is 36.6 Å². The van der Waals surface area contributed by atoms with Gasteiger partial charge in [-0.3, -0.25) is 0 Å². The van der Waals surface area contributed by atoms with Crippen molar-refractivity contribution in [3.05, 3.63) is 101 Å². The van der Waals surface area contributed by atoms with Crippen LogP contribution in [0.3, 0.4) is 0 Å². The Labute approximate surface area is 172 Å². The van der Waals surface area contributed by atoms with Crippen LogP contribution in [-0.4, -0.2) is 13.2 Å². The molecule has 148 valence electrons. The van der Waals surface area contributed by atoms with Crippen molar-refractivity contribution in [3.8, 4) is 5.75 Å². The van der Waals surface area contributed by atoms with E-state index in [0.717, 1.165) is 33.6 Å². The first-order valence-corrected chi connectivity index (χ1v) is 9.97. The minimum atomic E-state index is -0.698. The first-order valence-electron chi connectivity index (χ1n) is 9.97. The lowest BCUT2D eigenvalue weighted by molar-refractivity contribution is -0.149. The third kappa shape index (κ3) is 4.42. The number of ether oxygens (including phenoxy) is 3. The molecule has 3 aromatic rings. The normalized spacial score (nSPS) is 16.0. The van der Waals surface area contributed by atoms with Crippen LogP contribution in [0.1, 0.15) is 36.1 Å². The van der Waals surface area contributed by atoms with Crippen LogP contribution in [0.15, 0.2) is 78.9 Å². The lowest BCUT2D eigenvalue weighted by atomic mass is 9.96. The van der Waals surface area contributed by atoms with Gasteiger partial charge in [-0.2, -0.15) is 0 Å². The third-order valence-corrected chi connectivity index (χ3v) is 5.21. The smallest absolute Gasteiger partial charge is 0.192 e.